The van der Waals surface area contributed by atoms with E-state index < -0.39 is 11.6 Å². The van der Waals surface area contributed by atoms with Crippen LogP contribution >= 0.6 is 0 Å². The number of aromatic nitrogens is 5. The van der Waals surface area contributed by atoms with E-state index in [1.165, 1.54) is 20.3 Å². The lowest BCUT2D eigenvalue weighted by atomic mass is 10.0. The average Bonchev–Trinajstić information content (AvgIpc) is 3.24. The number of nitrogens with zero attached hydrogens (tertiary/aromatic N) is 7. The number of hydrogen-bond donors (Lipinski definition) is 0. The fourth-order valence-corrected chi connectivity index (χ4v) is 4.11. The highest BCUT2D eigenvalue weighted by Crippen LogP contribution is 2.39. The van der Waals surface area contributed by atoms with E-state index in [2.05, 4.69) is 15.0 Å². The van der Waals surface area contributed by atoms with E-state index in [1.807, 2.05) is 32.2 Å². The molecular weight excluding hydrogens is 456 g/mol. The summed E-state index contributed by atoms with van der Waals surface area (Å²) in [7, 11) is 8.47. The summed E-state index contributed by atoms with van der Waals surface area (Å²) in [5.74, 6) is -0.962. The van der Waals surface area contributed by atoms with Crippen molar-refractivity contribution in [3.05, 3.63) is 42.4 Å². The zero-order valence-corrected chi connectivity index (χ0v) is 20.1. The van der Waals surface area contributed by atoms with E-state index in [-0.39, 0.29) is 22.8 Å². The number of ether oxygens (including phenoxy) is 2. The molecule has 0 saturated carbocycles. The van der Waals surface area contributed by atoms with Gasteiger partial charge < -0.3 is 19.3 Å². The maximum Gasteiger partial charge on any atom is 0.177 e. The van der Waals surface area contributed by atoms with Crippen LogP contribution in [0.5, 0.6) is 11.5 Å². The van der Waals surface area contributed by atoms with Gasteiger partial charge in [-0.2, -0.15) is 5.10 Å². The summed E-state index contributed by atoms with van der Waals surface area (Å²) in [6, 6.07) is 3.09. The molecule has 0 unspecified atom stereocenters. The van der Waals surface area contributed by atoms with Crippen LogP contribution in [0.15, 0.2) is 30.7 Å². The van der Waals surface area contributed by atoms with Gasteiger partial charge in [0.1, 0.15) is 5.52 Å². The summed E-state index contributed by atoms with van der Waals surface area (Å²) in [6.07, 6.45) is 5.14. The zero-order chi connectivity index (χ0) is 24.9. The van der Waals surface area contributed by atoms with Crippen molar-refractivity contribution >= 4 is 16.7 Å². The van der Waals surface area contributed by atoms with Crippen molar-refractivity contribution in [1.29, 1.82) is 0 Å². The SMILES string of the molecule is COc1cc(OC)c(F)c(-c2cc3cnc(-c4cnn(C)c4)nc3c(N3CC(N(C)C)C3)n2)c1F. The van der Waals surface area contributed by atoms with E-state index >= 15 is 8.78 Å². The second-order valence-electron chi connectivity index (χ2n) is 8.67. The number of methoxy groups -OCH3 is 2. The van der Waals surface area contributed by atoms with Gasteiger partial charge in [-0.25, -0.2) is 23.7 Å². The standard InChI is InChI=1S/C24H25F2N7O2/c1-31(2)15-11-33(12-15)24-22-13(8-27-23(30-22)14-9-28-32(3)10-14)6-16(29-24)19-20(25)17(34-4)7-18(35-5)21(19)26/h6-10,15H,11-12H2,1-5H3. The number of hydrogen-bond acceptors (Lipinski definition) is 8. The van der Waals surface area contributed by atoms with Crippen molar-refractivity contribution in [2.24, 2.45) is 7.05 Å². The summed E-state index contributed by atoms with van der Waals surface area (Å²) in [5.41, 5.74) is 1.13. The molecule has 11 heteroatoms. The van der Waals surface area contributed by atoms with Crippen molar-refractivity contribution in [1.82, 2.24) is 29.6 Å². The van der Waals surface area contributed by atoms with E-state index in [4.69, 9.17) is 19.4 Å². The Bertz CT molecular complexity index is 1390. The zero-order valence-electron chi connectivity index (χ0n) is 20.1. The van der Waals surface area contributed by atoms with Crippen LogP contribution in [0.25, 0.3) is 33.5 Å². The largest absolute Gasteiger partial charge is 0.494 e. The number of halogens is 2. The molecule has 4 heterocycles. The predicted molar refractivity (Wildman–Crippen MR) is 128 cm³/mol. The first kappa shape index (κ1) is 22.9. The minimum Gasteiger partial charge on any atom is -0.494 e. The van der Waals surface area contributed by atoms with Crippen LogP contribution in [0.2, 0.25) is 0 Å². The van der Waals surface area contributed by atoms with Gasteiger partial charge in [0.05, 0.1) is 37.2 Å². The second kappa shape index (κ2) is 8.73. The molecule has 1 aromatic carbocycles. The lowest BCUT2D eigenvalue weighted by Crippen LogP contribution is -2.57. The molecule has 3 aromatic heterocycles. The van der Waals surface area contributed by atoms with E-state index in [1.54, 1.807) is 23.1 Å². The van der Waals surface area contributed by atoms with E-state index in [0.29, 0.717) is 41.7 Å². The van der Waals surface area contributed by atoms with Gasteiger partial charge in [-0.3, -0.25) is 4.68 Å². The van der Waals surface area contributed by atoms with Gasteiger partial charge in [0.15, 0.2) is 34.8 Å². The molecule has 0 N–H and O–H groups in total. The third-order valence-corrected chi connectivity index (χ3v) is 6.23. The Morgan fingerprint density at radius 1 is 1.00 bits per heavy atom. The van der Waals surface area contributed by atoms with Crippen LogP contribution in [-0.2, 0) is 7.05 Å². The van der Waals surface area contributed by atoms with Crippen LogP contribution in [0.4, 0.5) is 14.6 Å². The number of benzene rings is 1. The predicted octanol–water partition coefficient (Wildman–Crippen LogP) is 3.14. The molecule has 1 fully saturated rings. The van der Waals surface area contributed by atoms with E-state index in [9.17, 15) is 0 Å². The number of anilines is 1. The Labute approximate surface area is 200 Å². The maximum absolute atomic E-state index is 15.3. The number of likely N-dealkylation sites (N-methyl/N-ethyl adjacent to an activating group) is 1. The maximum atomic E-state index is 15.3. The molecule has 182 valence electrons. The monoisotopic (exact) mass is 481 g/mol. The van der Waals surface area contributed by atoms with E-state index in [0.717, 1.165) is 5.56 Å². The van der Waals surface area contributed by atoms with Crippen LogP contribution in [-0.4, -0.2) is 77.1 Å². The summed E-state index contributed by atoms with van der Waals surface area (Å²) < 4.78 is 42.5. The molecule has 0 radical (unpaired) electrons. The van der Waals surface area contributed by atoms with Crippen molar-refractivity contribution in [2.75, 3.05) is 46.3 Å². The molecule has 0 spiro atoms. The molecule has 0 bridgehead atoms. The van der Waals surface area contributed by atoms with Crippen LogP contribution in [0.3, 0.4) is 0 Å². The number of pyridine rings is 1. The highest BCUT2D eigenvalue weighted by atomic mass is 19.1. The minimum atomic E-state index is -0.855. The van der Waals surface area contributed by atoms with Gasteiger partial charge in [0.2, 0.25) is 0 Å². The Balaban J connectivity index is 1.71. The average molecular weight is 482 g/mol. The lowest BCUT2D eigenvalue weighted by molar-refractivity contribution is 0.246. The molecule has 0 aliphatic carbocycles. The van der Waals surface area contributed by atoms with Crippen LogP contribution < -0.4 is 14.4 Å². The summed E-state index contributed by atoms with van der Waals surface area (Å²) in [4.78, 5) is 18.1. The fraction of sp³-hybridized carbons (Fsp3) is 0.333. The Morgan fingerprint density at radius 3 is 2.26 bits per heavy atom. The topological polar surface area (TPSA) is 81.4 Å². The molecule has 1 aliphatic heterocycles. The molecule has 5 rings (SSSR count). The fourth-order valence-electron chi connectivity index (χ4n) is 4.11. The Morgan fingerprint density at radius 2 is 1.69 bits per heavy atom. The van der Waals surface area contributed by atoms with Crippen molar-refractivity contribution in [2.45, 2.75) is 6.04 Å². The Kier molecular flexibility index (Phi) is 5.72. The normalized spacial score (nSPS) is 14.0. The highest BCUT2D eigenvalue weighted by Gasteiger charge is 2.32. The number of fused-ring (bicyclic) bond motifs is 1. The third-order valence-electron chi connectivity index (χ3n) is 6.23. The first-order valence-electron chi connectivity index (χ1n) is 11.0. The molecule has 1 aliphatic rings. The molecular formula is C24H25F2N7O2. The molecule has 1 saturated heterocycles. The van der Waals surface area contributed by atoms with Gasteiger partial charge in [-0.15, -0.1) is 0 Å². The lowest BCUT2D eigenvalue weighted by Gasteiger charge is -2.43. The summed E-state index contributed by atoms with van der Waals surface area (Å²) in [5, 5.41) is 4.79. The first-order chi connectivity index (χ1) is 16.8. The minimum absolute atomic E-state index is 0.103. The van der Waals surface area contributed by atoms with Gasteiger partial charge in [-0.05, 0) is 20.2 Å². The first-order valence-corrected chi connectivity index (χ1v) is 11.0. The van der Waals surface area contributed by atoms with Gasteiger partial charge >= 0.3 is 0 Å². The number of rotatable bonds is 6. The quantitative estimate of drug-likeness (QED) is 0.416. The highest BCUT2D eigenvalue weighted by molar-refractivity contribution is 5.93. The smallest absolute Gasteiger partial charge is 0.177 e. The van der Waals surface area contributed by atoms with Gasteiger partial charge in [0, 0.05) is 50.0 Å². The third kappa shape index (κ3) is 3.91. The second-order valence-corrected chi connectivity index (χ2v) is 8.67. The Hall–Kier alpha value is -3.86. The van der Waals surface area contributed by atoms with Crippen molar-refractivity contribution in [3.8, 4) is 34.1 Å². The van der Waals surface area contributed by atoms with Crippen LogP contribution in [0, 0.1) is 11.6 Å². The van der Waals surface area contributed by atoms with Crippen LogP contribution in [0.1, 0.15) is 0 Å². The molecule has 0 atom stereocenters. The number of aryl methyl sites for hydroxylation is 1. The molecule has 9 nitrogen and oxygen atoms in total. The van der Waals surface area contributed by atoms with Crippen molar-refractivity contribution < 1.29 is 18.3 Å². The van der Waals surface area contributed by atoms with Gasteiger partial charge in [0.25, 0.3) is 0 Å². The molecule has 4 aromatic rings. The molecule has 35 heavy (non-hydrogen) atoms. The van der Waals surface area contributed by atoms with Crippen molar-refractivity contribution in [3.63, 3.8) is 0 Å². The molecule has 0 amide bonds. The van der Waals surface area contributed by atoms with Gasteiger partial charge in [-0.1, -0.05) is 0 Å². The summed E-state index contributed by atoms with van der Waals surface area (Å²) in [6.45, 7) is 1.41. The summed E-state index contributed by atoms with van der Waals surface area (Å²) >= 11 is 0.